The molecule has 0 heterocycles. The highest BCUT2D eigenvalue weighted by Crippen LogP contribution is 2.20. The third-order valence-corrected chi connectivity index (χ3v) is 18.2. The van der Waals surface area contributed by atoms with Crippen molar-refractivity contribution in [2.75, 3.05) is 13.2 Å². The zero-order valence-corrected chi connectivity index (χ0v) is 57.2. The van der Waals surface area contributed by atoms with Crippen LogP contribution in [0.15, 0.2) is 24.3 Å². The van der Waals surface area contributed by atoms with E-state index in [0.717, 1.165) is 44.9 Å². The second-order valence-electron chi connectivity index (χ2n) is 26.7. The summed E-state index contributed by atoms with van der Waals surface area (Å²) in [7, 11) is 0. The molecule has 0 aliphatic rings. The first-order valence-corrected chi connectivity index (χ1v) is 38.6. The second-order valence-corrected chi connectivity index (χ2v) is 26.7. The monoisotopic (exact) mass is 1180 g/mol. The van der Waals surface area contributed by atoms with Crippen LogP contribution in [-0.4, -0.2) is 47.4 Å². The highest BCUT2D eigenvalue weighted by molar-refractivity contribution is 5.76. The lowest BCUT2D eigenvalue weighted by atomic mass is 10.0. The van der Waals surface area contributed by atoms with E-state index in [4.69, 9.17) is 4.74 Å². The summed E-state index contributed by atoms with van der Waals surface area (Å²) in [5, 5.41) is 23.3. The average Bonchev–Trinajstić information content (AvgIpc) is 3.51. The summed E-state index contributed by atoms with van der Waals surface area (Å²) in [6, 6.07) is -0.538. The smallest absolute Gasteiger partial charge is 0.305 e. The zero-order chi connectivity index (χ0) is 60.6. The molecule has 1 amide bonds. The van der Waals surface area contributed by atoms with Crippen LogP contribution < -0.4 is 5.32 Å². The standard InChI is InChI=1S/C78H151NO5/c1-3-5-7-9-11-13-15-17-19-44-48-52-56-60-64-68-72-78(83)84-73-69-65-61-57-53-49-45-42-40-38-36-34-32-30-28-26-24-22-20-21-23-25-27-29-31-33-35-37-39-41-43-47-51-55-59-63-67-71-77(82)79-75(74-80)76(81)70-66-62-58-54-50-46-18-16-14-12-10-8-6-4-2/h19-20,22,44,75-76,80-81H,3-18,21,23-43,45-74H2,1-2H3,(H,79,82)/b22-20-,44-19-. The van der Waals surface area contributed by atoms with Crippen molar-refractivity contribution >= 4 is 11.9 Å². The van der Waals surface area contributed by atoms with Crippen LogP contribution in [-0.2, 0) is 14.3 Å². The van der Waals surface area contributed by atoms with E-state index in [2.05, 4.69) is 43.5 Å². The van der Waals surface area contributed by atoms with Gasteiger partial charge in [0, 0.05) is 12.8 Å². The van der Waals surface area contributed by atoms with Gasteiger partial charge < -0.3 is 20.3 Å². The Morgan fingerprint density at radius 3 is 0.845 bits per heavy atom. The Balaban J connectivity index is 3.31. The van der Waals surface area contributed by atoms with Crippen LogP contribution >= 0.6 is 0 Å². The maximum Gasteiger partial charge on any atom is 0.305 e. The minimum atomic E-state index is -0.661. The summed E-state index contributed by atoms with van der Waals surface area (Å²) in [4.78, 5) is 24.6. The van der Waals surface area contributed by atoms with Crippen LogP contribution in [0, 0.1) is 0 Å². The van der Waals surface area contributed by atoms with Crippen LogP contribution in [0.1, 0.15) is 438 Å². The number of nitrogens with one attached hydrogen (secondary N) is 1. The predicted molar refractivity (Wildman–Crippen MR) is 370 cm³/mol. The van der Waals surface area contributed by atoms with E-state index >= 15 is 0 Å². The number of aliphatic hydroxyl groups excluding tert-OH is 2. The Labute approximate surface area is 526 Å². The molecular formula is C78H151NO5. The van der Waals surface area contributed by atoms with Gasteiger partial charge in [0.25, 0.3) is 0 Å². The molecule has 0 aliphatic carbocycles. The average molecular weight is 1180 g/mol. The Kier molecular flexibility index (Phi) is 72.3. The van der Waals surface area contributed by atoms with Crippen LogP contribution in [0.5, 0.6) is 0 Å². The number of ether oxygens (including phenoxy) is 1. The molecule has 0 aliphatic heterocycles. The summed E-state index contributed by atoms with van der Waals surface area (Å²) < 4.78 is 5.50. The normalized spacial score (nSPS) is 12.6. The Bertz CT molecular complexity index is 1320. The quantitative estimate of drug-likeness (QED) is 0.0320. The number of carbonyl (C=O) groups excluding carboxylic acids is 2. The molecule has 84 heavy (non-hydrogen) atoms. The molecule has 0 aromatic rings. The van der Waals surface area contributed by atoms with Gasteiger partial charge in [0.1, 0.15) is 0 Å². The van der Waals surface area contributed by atoms with Crippen LogP contribution in [0.25, 0.3) is 0 Å². The lowest BCUT2D eigenvalue weighted by molar-refractivity contribution is -0.143. The molecule has 0 aromatic heterocycles. The number of carbonyl (C=O) groups is 2. The van der Waals surface area contributed by atoms with Gasteiger partial charge in [-0.3, -0.25) is 9.59 Å². The molecule has 0 fully saturated rings. The summed E-state index contributed by atoms with van der Waals surface area (Å²) in [5.41, 5.74) is 0. The van der Waals surface area contributed by atoms with Gasteiger partial charge in [-0.1, -0.05) is 372 Å². The topological polar surface area (TPSA) is 95.9 Å². The van der Waals surface area contributed by atoms with E-state index in [9.17, 15) is 19.8 Å². The summed E-state index contributed by atoms with van der Waals surface area (Å²) in [6.07, 6.45) is 94.1. The summed E-state index contributed by atoms with van der Waals surface area (Å²) >= 11 is 0. The summed E-state index contributed by atoms with van der Waals surface area (Å²) in [6.45, 7) is 4.99. The summed E-state index contributed by atoms with van der Waals surface area (Å²) in [5.74, 6) is -0.0132. The molecule has 2 atom stereocenters. The molecule has 0 rings (SSSR count). The highest BCUT2D eigenvalue weighted by Gasteiger charge is 2.20. The van der Waals surface area contributed by atoms with Crippen molar-refractivity contribution in [2.24, 2.45) is 0 Å². The Morgan fingerprint density at radius 2 is 0.560 bits per heavy atom. The fourth-order valence-corrected chi connectivity index (χ4v) is 12.3. The van der Waals surface area contributed by atoms with Crippen LogP contribution in [0.3, 0.4) is 0 Å². The van der Waals surface area contributed by atoms with Gasteiger partial charge in [-0.2, -0.15) is 0 Å². The third kappa shape index (κ3) is 69.4. The fraction of sp³-hybridized carbons (Fsp3) is 0.923. The van der Waals surface area contributed by atoms with Crippen molar-refractivity contribution in [1.82, 2.24) is 5.32 Å². The largest absolute Gasteiger partial charge is 0.466 e. The van der Waals surface area contributed by atoms with Gasteiger partial charge in [-0.25, -0.2) is 0 Å². The minimum absolute atomic E-state index is 0.0148. The van der Waals surface area contributed by atoms with E-state index < -0.39 is 12.1 Å². The molecule has 3 N–H and O–H groups in total. The fourth-order valence-electron chi connectivity index (χ4n) is 12.3. The molecule has 0 bridgehead atoms. The third-order valence-electron chi connectivity index (χ3n) is 18.2. The predicted octanol–water partition coefficient (Wildman–Crippen LogP) is 25.3. The van der Waals surface area contributed by atoms with Crippen LogP contribution in [0.4, 0.5) is 0 Å². The van der Waals surface area contributed by atoms with Crippen LogP contribution in [0.2, 0.25) is 0 Å². The number of hydrogen-bond acceptors (Lipinski definition) is 5. The highest BCUT2D eigenvalue weighted by atomic mass is 16.5. The van der Waals surface area contributed by atoms with E-state index in [0.29, 0.717) is 25.9 Å². The molecule has 0 radical (unpaired) electrons. The van der Waals surface area contributed by atoms with Crippen molar-refractivity contribution < 1.29 is 24.5 Å². The number of amides is 1. The van der Waals surface area contributed by atoms with E-state index in [-0.39, 0.29) is 18.5 Å². The minimum Gasteiger partial charge on any atom is -0.466 e. The maximum atomic E-state index is 12.5. The van der Waals surface area contributed by atoms with E-state index in [1.807, 2.05) is 0 Å². The van der Waals surface area contributed by atoms with Gasteiger partial charge in [-0.15, -0.1) is 0 Å². The lowest BCUT2D eigenvalue weighted by Gasteiger charge is -2.22. The molecule has 0 aromatic carbocycles. The molecule has 0 saturated heterocycles. The second kappa shape index (κ2) is 73.8. The maximum absolute atomic E-state index is 12.5. The van der Waals surface area contributed by atoms with Crippen molar-refractivity contribution in [1.29, 1.82) is 0 Å². The van der Waals surface area contributed by atoms with Crippen molar-refractivity contribution in [3.05, 3.63) is 24.3 Å². The van der Waals surface area contributed by atoms with Crippen molar-refractivity contribution in [3.63, 3.8) is 0 Å². The first-order valence-electron chi connectivity index (χ1n) is 38.6. The molecule has 6 heteroatoms. The van der Waals surface area contributed by atoms with Gasteiger partial charge >= 0.3 is 5.97 Å². The molecule has 498 valence electrons. The Morgan fingerprint density at radius 1 is 0.321 bits per heavy atom. The first-order chi connectivity index (χ1) is 41.5. The lowest BCUT2D eigenvalue weighted by Crippen LogP contribution is -2.45. The molecule has 0 spiro atoms. The van der Waals surface area contributed by atoms with Gasteiger partial charge in [0.2, 0.25) is 5.91 Å². The van der Waals surface area contributed by atoms with Gasteiger partial charge in [-0.05, 0) is 77.0 Å². The first kappa shape index (κ1) is 82.3. The van der Waals surface area contributed by atoms with Crippen molar-refractivity contribution in [2.45, 2.75) is 450 Å². The molecule has 6 nitrogen and oxygen atoms in total. The van der Waals surface area contributed by atoms with Crippen molar-refractivity contribution in [3.8, 4) is 0 Å². The van der Waals surface area contributed by atoms with E-state index in [1.165, 1.54) is 360 Å². The number of aliphatic hydroxyl groups is 2. The number of allylic oxidation sites excluding steroid dienone is 4. The zero-order valence-electron chi connectivity index (χ0n) is 57.2. The molecular weight excluding hydrogens is 1030 g/mol. The molecule has 2 unspecified atom stereocenters. The number of unbranched alkanes of at least 4 members (excludes halogenated alkanes) is 58. The van der Waals surface area contributed by atoms with Gasteiger partial charge in [0.05, 0.1) is 25.4 Å². The number of rotatable bonds is 73. The SMILES string of the molecule is CCCCCCCCC/C=C\CCCCCCCC(=O)OCCCCCCCCCCCCCCCCCC/C=C\CCCCCCCCCCCCCCCCCCCC(=O)NC(CO)C(O)CCCCCCCCCCCCCCCC. The number of esters is 1. The number of hydrogen-bond donors (Lipinski definition) is 3. The molecule has 0 saturated carbocycles. The van der Waals surface area contributed by atoms with Gasteiger partial charge in [0.15, 0.2) is 0 Å². The Hall–Kier alpha value is -1.66. The van der Waals surface area contributed by atoms with E-state index in [1.54, 1.807) is 0 Å².